The Balaban J connectivity index is 1.31. The minimum atomic E-state index is -0.373. The average Bonchev–Trinajstić information content (AvgIpc) is 3.20. The van der Waals surface area contributed by atoms with Crippen LogP contribution in [0.5, 0.6) is 0 Å². The number of thioether (sulfide) groups is 1. The summed E-state index contributed by atoms with van der Waals surface area (Å²) in [5.41, 5.74) is 4.23. The SMILES string of the molecule is CN(C(=O)Nc1ccc2ccccc2c1)c1cccc(-c2ccc(/C=C3/SC(=O)NC3=O)cc2)c1. The second kappa shape index (κ2) is 9.48. The van der Waals surface area contributed by atoms with E-state index in [9.17, 15) is 14.4 Å². The van der Waals surface area contributed by atoms with Crippen molar-refractivity contribution in [1.82, 2.24) is 5.32 Å². The van der Waals surface area contributed by atoms with Crippen LogP contribution in [0.25, 0.3) is 28.0 Å². The topological polar surface area (TPSA) is 78.5 Å². The van der Waals surface area contributed by atoms with E-state index in [0.29, 0.717) is 4.91 Å². The van der Waals surface area contributed by atoms with Crippen LogP contribution < -0.4 is 15.5 Å². The number of hydrogen-bond donors (Lipinski definition) is 2. The average molecular weight is 480 g/mol. The molecule has 0 aliphatic carbocycles. The van der Waals surface area contributed by atoms with E-state index in [1.165, 1.54) is 0 Å². The summed E-state index contributed by atoms with van der Waals surface area (Å²) in [6.45, 7) is 0. The minimum Gasteiger partial charge on any atom is -0.308 e. The summed E-state index contributed by atoms with van der Waals surface area (Å²) in [6.07, 6.45) is 1.69. The fraction of sp³-hybridized carbons (Fsp3) is 0.0357. The number of nitrogens with one attached hydrogen (secondary N) is 2. The molecule has 1 aliphatic heterocycles. The number of fused-ring (bicyclic) bond motifs is 1. The molecule has 4 amide bonds. The zero-order chi connectivity index (χ0) is 24.4. The summed E-state index contributed by atoms with van der Waals surface area (Å²) in [7, 11) is 1.73. The molecule has 5 rings (SSSR count). The van der Waals surface area contributed by atoms with Gasteiger partial charge in [-0.05, 0) is 69.6 Å². The molecule has 7 heteroatoms. The molecule has 4 aromatic carbocycles. The van der Waals surface area contributed by atoms with Gasteiger partial charge in [-0.15, -0.1) is 0 Å². The lowest BCUT2D eigenvalue weighted by Crippen LogP contribution is -2.31. The van der Waals surface area contributed by atoms with E-state index in [-0.39, 0.29) is 17.2 Å². The van der Waals surface area contributed by atoms with Crippen LogP contribution in [0, 0.1) is 0 Å². The maximum Gasteiger partial charge on any atom is 0.326 e. The molecule has 0 aromatic heterocycles. The van der Waals surface area contributed by atoms with Crippen molar-refractivity contribution < 1.29 is 14.4 Å². The normalized spacial score (nSPS) is 14.3. The maximum absolute atomic E-state index is 12.9. The van der Waals surface area contributed by atoms with Crippen molar-refractivity contribution in [2.24, 2.45) is 0 Å². The number of carbonyl (C=O) groups excluding carboxylic acids is 3. The van der Waals surface area contributed by atoms with Crippen molar-refractivity contribution in [1.29, 1.82) is 0 Å². The molecule has 0 unspecified atom stereocenters. The van der Waals surface area contributed by atoms with Crippen molar-refractivity contribution in [2.75, 3.05) is 17.3 Å². The predicted molar refractivity (Wildman–Crippen MR) is 142 cm³/mol. The highest BCUT2D eigenvalue weighted by Crippen LogP contribution is 2.28. The van der Waals surface area contributed by atoms with E-state index in [1.807, 2.05) is 91.0 Å². The first-order valence-electron chi connectivity index (χ1n) is 11.0. The van der Waals surface area contributed by atoms with Gasteiger partial charge in [-0.1, -0.05) is 66.7 Å². The maximum atomic E-state index is 12.9. The Morgan fingerprint density at radius 3 is 2.37 bits per heavy atom. The predicted octanol–water partition coefficient (Wildman–Crippen LogP) is 6.50. The standard InChI is InChI=1S/C28H21N3O3S/c1-31(27(33)29-23-14-13-19-5-2-3-6-21(19)16-23)24-8-4-7-22(17-24)20-11-9-18(10-12-20)15-25-26(32)30-28(34)35-25/h2-17H,1H3,(H,29,33)(H,30,32,34)/b25-15+. The number of hydrogen-bond acceptors (Lipinski definition) is 4. The van der Waals surface area contributed by atoms with Crippen LogP contribution in [0.2, 0.25) is 0 Å². The van der Waals surface area contributed by atoms with Gasteiger partial charge in [0.1, 0.15) is 0 Å². The van der Waals surface area contributed by atoms with E-state index in [4.69, 9.17) is 0 Å². The molecule has 0 bridgehead atoms. The van der Waals surface area contributed by atoms with Crippen LogP contribution in [0.15, 0.2) is 95.9 Å². The summed E-state index contributed by atoms with van der Waals surface area (Å²) in [4.78, 5) is 37.9. The van der Waals surface area contributed by atoms with Gasteiger partial charge in [-0.2, -0.15) is 0 Å². The minimum absolute atomic E-state index is 0.235. The van der Waals surface area contributed by atoms with E-state index >= 15 is 0 Å². The van der Waals surface area contributed by atoms with Crippen LogP contribution in [-0.2, 0) is 4.79 Å². The fourth-order valence-corrected chi connectivity index (χ4v) is 4.51. The van der Waals surface area contributed by atoms with Crippen molar-refractivity contribution in [2.45, 2.75) is 0 Å². The number of rotatable bonds is 4. The molecule has 4 aromatic rings. The Bertz CT molecular complexity index is 1500. The number of nitrogens with zero attached hydrogens (tertiary/aromatic N) is 1. The molecule has 0 atom stereocenters. The van der Waals surface area contributed by atoms with Gasteiger partial charge >= 0.3 is 6.03 Å². The molecule has 0 spiro atoms. The summed E-state index contributed by atoms with van der Waals surface area (Å²) in [6, 6.07) is 29.0. The lowest BCUT2D eigenvalue weighted by Gasteiger charge is -2.19. The van der Waals surface area contributed by atoms with Crippen molar-refractivity contribution in [3.8, 4) is 11.1 Å². The molecule has 1 aliphatic rings. The van der Waals surface area contributed by atoms with Crippen LogP contribution in [0.3, 0.4) is 0 Å². The number of carbonyl (C=O) groups is 3. The van der Waals surface area contributed by atoms with E-state index in [2.05, 4.69) is 10.6 Å². The second-order valence-corrected chi connectivity index (χ2v) is 9.09. The molecule has 1 fully saturated rings. The fourth-order valence-electron chi connectivity index (χ4n) is 3.83. The number of urea groups is 1. The van der Waals surface area contributed by atoms with Gasteiger partial charge in [-0.25, -0.2) is 4.79 Å². The Labute approximate surface area is 206 Å². The van der Waals surface area contributed by atoms with Gasteiger partial charge in [0.25, 0.3) is 11.1 Å². The van der Waals surface area contributed by atoms with Gasteiger partial charge in [-0.3, -0.25) is 19.8 Å². The molecule has 1 saturated heterocycles. The van der Waals surface area contributed by atoms with Gasteiger partial charge in [0, 0.05) is 18.4 Å². The largest absolute Gasteiger partial charge is 0.326 e. The third kappa shape index (κ3) is 4.95. The smallest absolute Gasteiger partial charge is 0.308 e. The monoisotopic (exact) mass is 479 g/mol. The molecule has 6 nitrogen and oxygen atoms in total. The molecule has 172 valence electrons. The first kappa shape index (κ1) is 22.4. The van der Waals surface area contributed by atoms with Gasteiger partial charge in [0.15, 0.2) is 0 Å². The third-order valence-corrected chi connectivity index (χ3v) is 6.53. The summed E-state index contributed by atoms with van der Waals surface area (Å²) in [5.74, 6) is -0.373. The first-order valence-corrected chi connectivity index (χ1v) is 11.8. The second-order valence-electron chi connectivity index (χ2n) is 8.08. The summed E-state index contributed by atoms with van der Waals surface area (Å²) < 4.78 is 0. The van der Waals surface area contributed by atoms with Crippen molar-refractivity contribution >= 4 is 57.2 Å². The zero-order valence-electron chi connectivity index (χ0n) is 18.8. The number of benzene rings is 4. The first-order chi connectivity index (χ1) is 17.0. The lowest BCUT2D eigenvalue weighted by molar-refractivity contribution is -0.115. The van der Waals surface area contributed by atoms with E-state index in [0.717, 1.165) is 50.6 Å². The van der Waals surface area contributed by atoms with E-state index < -0.39 is 0 Å². The number of anilines is 2. The molecule has 0 radical (unpaired) electrons. The highest BCUT2D eigenvalue weighted by atomic mass is 32.2. The van der Waals surface area contributed by atoms with Crippen molar-refractivity contribution in [3.63, 3.8) is 0 Å². The molecule has 2 N–H and O–H groups in total. The van der Waals surface area contributed by atoms with E-state index in [1.54, 1.807) is 18.0 Å². The van der Waals surface area contributed by atoms with Crippen molar-refractivity contribution in [3.05, 3.63) is 101 Å². The molecular weight excluding hydrogens is 458 g/mol. The molecular formula is C28H21N3O3S. The Hall–Kier alpha value is -4.36. The van der Waals surface area contributed by atoms with Gasteiger partial charge in [0.2, 0.25) is 0 Å². The van der Waals surface area contributed by atoms with Crippen LogP contribution in [0.4, 0.5) is 21.0 Å². The van der Waals surface area contributed by atoms with Crippen LogP contribution >= 0.6 is 11.8 Å². The molecule has 0 saturated carbocycles. The van der Waals surface area contributed by atoms with Gasteiger partial charge < -0.3 is 5.32 Å². The summed E-state index contributed by atoms with van der Waals surface area (Å²) in [5, 5.41) is 7.04. The molecule has 1 heterocycles. The van der Waals surface area contributed by atoms with Crippen LogP contribution in [-0.4, -0.2) is 24.2 Å². The Morgan fingerprint density at radius 1 is 0.857 bits per heavy atom. The van der Waals surface area contributed by atoms with Gasteiger partial charge in [0.05, 0.1) is 4.91 Å². The summed E-state index contributed by atoms with van der Waals surface area (Å²) >= 11 is 0.896. The quantitative estimate of drug-likeness (QED) is 0.328. The Morgan fingerprint density at radius 2 is 1.63 bits per heavy atom. The highest BCUT2D eigenvalue weighted by Gasteiger charge is 2.24. The highest BCUT2D eigenvalue weighted by molar-refractivity contribution is 8.18. The third-order valence-electron chi connectivity index (χ3n) is 5.72. The number of amides is 4. The zero-order valence-corrected chi connectivity index (χ0v) is 19.6. The van der Waals surface area contributed by atoms with Crippen LogP contribution in [0.1, 0.15) is 5.56 Å². The Kier molecular flexibility index (Phi) is 6.08. The number of imide groups is 1. The lowest BCUT2D eigenvalue weighted by atomic mass is 10.0. The molecule has 35 heavy (non-hydrogen) atoms.